The van der Waals surface area contributed by atoms with Crippen LogP contribution in [0.3, 0.4) is 0 Å². The van der Waals surface area contributed by atoms with Crippen LogP contribution in [0.5, 0.6) is 0 Å². The van der Waals surface area contributed by atoms with Gasteiger partial charge in [0.2, 0.25) is 0 Å². The second kappa shape index (κ2) is 7.58. The number of nitro groups is 1. The van der Waals surface area contributed by atoms with Gasteiger partial charge < -0.3 is 16.0 Å². The molecule has 0 spiro atoms. The third kappa shape index (κ3) is 5.39. The lowest BCUT2D eigenvalue weighted by Crippen LogP contribution is -2.36. The van der Waals surface area contributed by atoms with Gasteiger partial charge in [-0.25, -0.2) is 4.79 Å². The van der Waals surface area contributed by atoms with Crippen LogP contribution >= 0.6 is 0 Å². The lowest BCUT2D eigenvalue weighted by Gasteiger charge is -2.21. The first-order valence-electron chi connectivity index (χ1n) is 6.83. The lowest BCUT2D eigenvalue weighted by molar-refractivity contribution is -0.384. The Kier molecular flexibility index (Phi) is 6.10. The molecule has 0 aliphatic heterocycles. The molecule has 7 heteroatoms. The average molecular weight is 294 g/mol. The van der Waals surface area contributed by atoms with Crippen LogP contribution in [-0.4, -0.2) is 35.5 Å². The molecule has 0 saturated heterocycles. The third-order valence-corrected chi connectivity index (χ3v) is 3.31. The van der Waals surface area contributed by atoms with Crippen molar-refractivity contribution < 1.29 is 9.72 Å². The highest BCUT2D eigenvalue weighted by atomic mass is 16.6. The van der Waals surface area contributed by atoms with E-state index in [0.717, 1.165) is 0 Å². The van der Waals surface area contributed by atoms with E-state index in [-0.39, 0.29) is 17.8 Å². The minimum atomic E-state index is -0.499. The number of hydrogen-bond donors (Lipinski definition) is 2. The molecule has 116 valence electrons. The number of amides is 2. The fourth-order valence-electron chi connectivity index (χ4n) is 1.69. The molecule has 21 heavy (non-hydrogen) atoms. The zero-order chi connectivity index (χ0) is 16.0. The summed E-state index contributed by atoms with van der Waals surface area (Å²) in [5.41, 5.74) is 6.28. The highest BCUT2D eigenvalue weighted by Gasteiger charge is 2.14. The molecule has 0 aliphatic rings. The van der Waals surface area contributed by atoms with E-state index < -0.39 is 4.92 Å². The number of rotatable bonds is 6. The molecular weight excluding hydrogens is 272 g/mol. The lowest BCUT2D eigenvalue weighted by atomic mass is 10.0. The van der Waals surface area contributed by atoms with Crippen molar-refractivity contribution in [3.63, 3.8) is 0 Å². The van der Waals surface area contributed by atoms with Crippen molar-refractivity contribution in [2.45, 2.75) is 26.3 Å². The van der Waals surface area contributed by atoms with Crippen LogP contribution in [0.15, 0.2) is 24.3 Å². The first-order chi connectivity index (χ1) is 9.81. The van der Waals surface area contributed by atoms with Crippen LogP contribution in [0, 0.1) is 16.0 Å². The monoisotopic (exact) mass is 294 g/mol. The van der Waals surface area contributed by atoms with Crippen molar-refractivity contribution >= 4 is 17.4 Å². The minimum Gasteiger partial charge on any atom is -0.328 e. The molecule has 1 atom stereocenters. The smallest absolute Gasteiger partial charge is 0.321 e. The van der Waals surface area contributed by atoms with Crippen LogP contribution in [0.25, 0.3) is 0 Å². The Morgan fingerprint density at radius 3 is 2.71 bits per heavy atom. The first-order valence-corrected chi connectivity index (χ1v) is 6.83. The standard InChI is InChI=1S/C14H22N4O3/c1-10(2)13(15)7-8-17(3)14(19)16-11-5-4-6-12(9-11)18(20)21/h4-6,9-10,13H,7-8,15H2,1-3H3,(H,16,19). The van der Waals surface area contributed by atoms with Crippen molar-refractivity contribution in [3.05, 3.63) is 34.4 Å². The summed E-state index contributed by atoms with van der Waals surface area (Å²) in [5, 5.41) is 13.3. The van der Waals surface area contributed by atoms with E-state index in [4.69, 9.17) is 5.73 Å². The maximum absolute atomic E-state index is 12.0. The minimum absolute atomic E-state index is 0.0399. The number of anilines is 1. The Hall–Kier alpha value is -2.15. The SMILES string of the molecule is CC(C)C(N)CCN(C)C(=O)Nc1cccc([N+](=O)[O-])c1. The van der Waals surface area contributed by atoms with E-state index in [1.54, 1.807) is 13.1 Å². The van der Waals surface area contributed by atoms with Gasteiger partial charge in [-0.2, -0.15) is 0 Å². The van der Waals surface area contributed by atoms with E-state index in [1.165, 1.54) is 23.1 Å². The number of hydrogen-bond acceptors (Lipinski definition) is 4. The summed E-state index contributed by atoms with van der Waals surface area (Å²) in [6.07, 6.45) is 0.705. The maximum atomic E-state index is 12.0. The number of benzene rings is 1. The summed E-state index contributed by atoms with van der Waals surface area (Å²) in [6.45, 7) is 4.60. The highest BCUT2D eigenvalue weighted by molar-refractivity contribution is 5.89. The van der Waals surface area contributed by atoms with Gasteiger partial charge in [0.1, 0.15) is 0 Å². The second-order valence-corrected chi connectivity index (χ2v) is 5.36. The molecular formula is C14H22N4O3. The van der Waals surface area contributed by atoms with Crippen LogP contribution < -0.4 is 11.1 Å². The topological polar surface area (TPSA) is 102 Å². The van der Waals surface area contributed by atoms with Crippen molar-refractivity contribution in [2.24, 2.45) is 11.7 Å². The van der Waals surface area contributed by atoms with E-state index in [1.807, 2.05) is 13.8 Å². The Labute approximate surface area is 124 Å². The molecule has 2 amide bonds. The number of nitrogens with one attached hydrogen (secondary N) is 1. The molecule has 0 saturated carbocycles. The molecule has 1 rings (SSSR count). The zero-order valence-corrected chi connectivity index (χ0v) is 12.6. The quantitative estimate of drug-likeness (QED) is 0.621. The summed E-state index contributed by atoms with van der Waals surface area (Å²) in [4.78, 5) is 23.7. The molecule has 0 bridgehead atoms. The van der Waals surface area contributed by atoms with Crippen molar-refractivity contribution in [1.29, 1.82) is 0 Å². The average Bonchev–Trinajstić information content (AvgIpc) is 2.44. The molecule has 0 radical (unpaired) electrons. The Morgan fingerprint density at radius 2 is 2.14 bits per heavy atom. The summed E-state index contributed by atoms with van der Waals surface area (Å²) < 4.78 is 0. The van der Waals surface area contributed by atoms with Gasteiger partial charge in [-0.05, 0) is 18.4 Å². The molecule has 0 aromatic heterocycles. The zero-order valence-electron chi connectivity index (χ0n) is 12.6. The van der Waals surface area contributed by atoms with Crippen molar-refractivity contribution in [2.75, 3.05) is 18.9 Å². The third-order valence-electron chi connectivity index (χ3n) is 3.31. The molecule has 3 N–H and O–H groups in total. The molecule has 0 fully saturated rings. The van der Waals surface area contributed by atoms with E-state index in [2.05, 4.69) is 5.32 Å². The van der Waals surface area contributed by atoms with Gasteiger partial charge in [0, 0.05) is 37.5 Å². The number of nitrogens with zero attached hydrogens (tertiary/aromatic N) is 2. The summed E-state index contributed by atoms with van der Waals surface area (Å²) >= 11 is 0. The van der Waals surface area contributed by atoms with Gasteiger partial charge in [0.05, 0.1) is 4.92 Å². The van der Waals surface area contributed by atoms with Crippen molar-refractivity contribution in [3.8, 4) is 0 Å². The Balaban J connectivity index is 2.56. The molecule has 1 aromatic carbocycles. The summed E-state index contributed by atoms with van der Waals surface area (Å²) in [5.74, 6) is 0.359. The van der Waals surface area contributed by atoms with Gasteiger partial charge >= 0.3 is 6.03 Å². The van der Waals surface area contributed by atoms with Gasteiger partial charge in [-0.3, -0.25) is 10.1 Å². The normalized spacial score (nSPS) is 12.0. The van der Waals surface area contributed by atoms with Gasteiger partial charge in [-0.1, -0.05) is 19.9 Å². The molecule has 0 heterocycles. The fourth-order valence-corrected chi connectivity index (χ4v) is 1.69. The van der Waals surface area contributed by atoms with E-state index >= 15 is 0 Å². The van der Waals surface area contributed by atoms with Gasteiger partial charge in [-0.15, -0.1) is 0 Å². The number of nitrogens with two attached hydrogens (primary N) is 1. The Morgan fingerprint density at radius 1 is 1.48 bits per heavy atom. The van der Waals surface area contributed by atoms with Crippen molar-refractivity contribution in [1.82, 2.24) is 4.90 Å². The maximum Gasteiger partial charge on any atom is 0.321 e. The summed E-state index contributed by atoms with van der Waals surface area (Å²) in [7, 11) is 1.67. The van der Waals surface area contributed by atoms with Crippen LogP contribution in [-0.2, 0) is 0 Å². The van der Waals surface area contributed by atoms with Gasteiger partial charge in [0.15, 0.2) is 0 Å². The largest absolute Gasteiger partial charge is 0.328 e. The van der Waals surface area contributed by atoms with E-state index in [0.29, 0.717) is 24.6 Å². The van der Waals surface area contributed by atoms with Crippen LogP contribution in [0.1, 0.15) is 20.3 Å². The number of non-ortho nitro benzene ring substituents is 1. The predicted molar refractivity (Wildman–Crippen MR) is 82.2 cm³/mol. The van der Waals surface area contributed by atoms with Crippen LogP contribution in [0.2, 0.25) is 0 Å². The number of urea groups is 1. The first kappa shape index (κ1) is 16.9. The van der Waals surface area contributed by atoms with E-state index in [9.17, 15) is 14.9 Å². The summed E-state index contributed by atoms with van der Waals surface area (Å²) in [6, 6.07) is 5.57. The molecule has 7 nitrogen and oxygen atoms in total. The number of carbonyl (C=O) groups excluding carboxylic acids is 1. The predicted octanol–water partition coefficient (Wildman–Crippen LogP) is 2.43. The number of carbonyl (C=O) groups is 1. The molecule has 1 unspecified atom stereocenters. The van der Waals surface area contributed by atoms with Crippen LogP contribution in [0.4, 0.5) is 16.2 Å². The second-order valence-electron chi connectivity index (χ2n) is 5.36. The fraction of sp³-hybridized carbons (Fsp3) is 0.500. The van der Waals surface area contributed by atoms with Gasteiger partial charge in [0.25, 0.3) is 5.69 Å². The Bertz CT molecular complexity index is 505. The molecule has 0 aliphatic carbocycles. The highest BCUT2D eigenvalue weighted by Crippen LogP contribution is 2.17. The number of nitro benzene ring substituents is 1. The molecule has 1 aromatic rings.